The third-order valence-electron chi connectivity index (χ3n) is 3.08. The largest absolute Gasteiger partial charge is 0.299 e. The minimum absolute atomic E-state index is 0.0930. The number of hydrogen-bond acceptors (Lipinski definition) is 1. The lowest BCUT2D eigenvalue weighted by Gasteiger charge is -2.30. The van der Waals surface area contributed by atoms with Crippen molar-refractivity contribution >= 4 is 19.0 Å². The Morgan fingerprint density at radius 1 is 1.07 bits per heavy atom. The van der Waals surface area contributed by atoms with Gasteiger partial charge >= 0.3 is 0 Å². The molecular formula is C13H17OP. The standard InChI is InChI=1S/C13H17OP/c1-10-8-15(9-11(2)13(10)14)12-6-4-3-5-7-12/h3-7,10-11H,8-9H2,1-2H3. The molecule has 1 heterocycles. The van der Waals surface area contributed by atoms with Gasteiger partial charge in [0.15, 0.2) is 0 Å². The van der Waals surface area contributed by atoms with Crippen molar-refractivity contribution in [3.8, 4) is 0 Å². The van der Waals surface area contributed by atoms with Crippen molar-refractivity contribution in [2.45, 2.75) is 13.8 Å². The van der Waals surface area contributed by atoms with Gasteiger partial charge in [-0.25, -0.2) is 0 Å². The van der Waals surface area contributed by atoms with Crippen LogP contribution in [0, 0.1) is 11.8 Å². The highest BCUT2D eigenvalue weighted by Crippen LogP contribution is 2.43. The first-order chi connectivity index (χ1) is 7.18. The van der Waals surface area contributed by atoms with E-state index in [1.54, 1.807) is 0 Å². The van der Waals surface area contributed by atoms with Gasteiger partial charge in [-0.2, -0.15) is 0 Å². The molecule has 2 rings (SSSR count). The summed E-state index contributed by atoms with van der Waals surface area (Å²) in [6.07, 6.45) is 2.17. The fourth-order valence-corrected chi connectivity index (χ4v) is 5.10. The van der Waals surface area contributed by atoms with Gasteiger partial charge in [-0.3, -0.25) is 4.79 Å². The third kappa shape index (κ3) is 2.29. The highest BCUT2D eigenvalue weighted by Gasteiger charge is 2.31. The Kier molecular flexibility index (Phi) is 3.21. The Hall–Kier alpha value is -0.680. The highest BCUT2D eigenvalue weighted by atomic mass is 31.1. The van der Waals surface area contributed by atoms with E-state index < -0.39 is 0 Å². The molecule has 1 aliphatic heterocycles. The zero-order valence-corrected chi connectivity index (χ0v) is 10.2. The Bertz CT molecular complexity index is 333. The van der Waals surface area contributed by atoms with E-state index in [4.69, 9.17) is 0 Å². The van der Waals surface area contributed by atoms with Crippen molar-refractivity contribution in [3.05, 3.63) is 30.3 Å². The van der Waals surface area contributed by atoms with Crippen LogP contribution in [-0.2, 0) is 4.79 Å². The monoisotopic (exact) mass is 220 g/mol. The maximum absolute atomic E-state index is 11.7. The molecule has 1 fully saturated rings. The number of carbonyl (C=O) groups excluding carboxylic acids is 1. The minimum Gasteiger partial charge on any atom is -0.299 e. The van der Waals surface area contributed by atoms with Crippen molar-refractivity contribution in [1.29, 1.82) is 0 Å². The van der Waals surface area contributed by atoms with Crippen molar-refractivity contribution < 1.29 is 4.79 Å². The molecule has 0 spiro atoms. The summed E-state index contributed by atoms with van der Waals surface area (Å²) in [4.78, 5) is 11.7. The number of carbonyl (C=O) groups is 1. The van der Waals surface area contributed by atoms with Gasteiger partial charge in [0.1, 0.15) is 5.78 Å². The van der Waals surface area contributed by atoms with Gasteiger partial charge in [0, 0.05) is 11.8 Å². The Morgan fingerprint density at radius 2 is 1.60 bits per heavy atom. The first-order valence-electron chi connectivity index (χ1n) is 5.52. The highest BCUT2D eigenvalue weighted by molar-refractivity contribution is 7.65. The predicted molar refractivity (Wildman–Crippen MR) is 66.1 cm³/mol. The van der Waals surface area contributed by atoms with Crippen LogP contribution in [0.15, 0.2) is 30.3 Å². The molecule has 1 aromatic carbocycles. The molecule has 15 heavy (non-hydrogen) atoms. The first kappa shape index (κ1) is 10.8. The number of Topliss-reactive ketones (excluding diaryl/α,β-unsaturated/α-hetero) is 1. The third-order valence-corrected chi connectivity index (χ3v) is 6.09. The molecule has 0 aliphatic carbocycles. The van der Waals surface area contributed by atoms with Gasteiger partial charge < -0.3 is 0 Å². The minimum atomic E-state index is -0.0930. The zero-order chi connectivity index (χ0) is 10.8. The Labute approximate surface area is 92.6 Å². The van der Waals surface area contributed by atoms with Crippen molar-refractivity contribution in [2.75, 3.05) is 12.3 Å². The van der Waals surface area contributed by atoms with Gasteiger partial charge in [0.25, 0.3) is 0 Å². The summed E-state index contributed by atoms with van der Waals surface area (Å²) in [7, 11) is -0.0930. The molecule has 80 valence electrons. The van der Waals surface area contributed by atoms with Crippen LogP contribution < -0.4 is 5.30 Å². The summed E-state index contributed by atoms with van der Waals surface area (Å²) in [5.41, 5.74) is 0. The zero-order valence-electron chi connectivity index (χ0n) is 9.31. The lowest BCUT2D eigenvalue weighted by atomic mass is 9.98. The number of benzene rings is 1. The van der Waals surface area contributed by atoms with E-state index in [9.17, 15) is 4.79 Å². The van der Waals surface area contributed by atoms with E-state index in [2.05, 4.69) is 44.2 Å². The summed E-state index contributed by atoms with van der Waals surface area (Å²) in [5.74, 6) is 0.991. The number of ketones is 1. The lowest BCUT2D eigenvalue weighted by molar-refractivity contribution is -0.124. The first-order valence-corrected chi connectivity index (χ1v) is 7.23. The van der Waals surface area contributed by atoms with Crippen molar-refractivity contribution in [2.24, 2.45) is 11.8 Å². The summed E-state index contributed by atoms with van der Waals surface area (Å²) in [6.45, 7) is 4.16. The molecule has 0 bridgehead atoms. The molecule has 2 atom stereocenters. The van der Waals surface area contributed by atoms with Crippen LogP contribution >= 0.6 is 7.92 Å². The topological polar surface area (TPSA) is 17.1 Å². The molecule has 0 radical (unpaired) electrons. The molecule has 0 N–H and O–H groups in total. The van der Waals surface area contributed by atoms with Crippen LogP contribution in [0.25, 0.3) is 0 Å². The second kappa shape index (κ2) is 4.45. The molecule has 0 amide bonds. The van der Waals surface area contributed by atoms with Gasteiger partial charge in [0.05, 0.1) is 0 Å². The lowest BCUT2D eigenvalue weighted by Crippen LogP contribution is -2.31. The fourth-order valence-electron chi connectivity index (χ4n) is 2.25. The average Bonchev–Trinajstić information content (AvgIpc) is 2.26. The Morgan fingerprint density at radius 3 is 2.13 bits per heavy atom. The molecule has 0 aromatic heterocycles. The van der Waals surface area contributed by atoms with Gasteiger partial charge in [-0.05, 0) is 17.6 Å². The molecular weight excluding hydrogens is 203 g/mol. The van der Waals surface area contributed by atoms with E-state index >= 15 is 0 Å². The fraction of sp³-hybridized carbons (Fsp3) is 0.462. The molecule has 1 aliphatic rings. The molecule has 2 unspecified atom stereocenters. The van der Waals surface area contributed by atoms with Crippen LogP contribution in [0.4, 0.5) is 0 Å². The van der Waals surface area contributed by atoms with Crippen LogP contribution in [0.3, 0.4) is 0 Å². The average molecular weight is 220 g/mol. The van der Waals surface area contributed by atoms with Crippen molar-refractivity contribution in [3.63, 3.8) is 0 Å². The SMILES string of the molecule is CC1CP(c2ccccc2)CC(C)C1=O. The second-order valence-electron chi connectivity index (χ2n) is 4.44. The molecule has 1 nitrogen and oxygen atoms in total. The number of hydrogen-bond donors (Lipinski definition) is 0. The predicted octanol–water partition coefficient (Wildman–Crippen LogP) is 2.65. The molecule has 2 heteroatoms. The van der Waals surface area contributed by atoms with Crippen LogP contribution in [0.2, 0.25) is 0 Å². The second-order valence-corrected chi connectivity index (χ2v) is 6.77. The van der Waals surface area contributed by atoms with E-state index in [1.807, 2.05) is 0 Å². The van der Waals surface area contributed by atoms with E-state index in [0.29, 0.717) is 5.78 Å². The van der Waals surface area contributed by atoms with Crippen LogP contribution in [-0.4, -0.2) is 18.1 Å². The molecule has 1 aromatic rings. The van der Waals surface area contributed by atoms with Crippen molar-refractivity contribution in [1.82, 2.24) is 0 Å². The van der Waals surface area contributed by atoms with E-state index in [1.165, 1.54) is 5.30 Å². The Balaban J connectivity index is 2.16. The molecule has 0 saturated carbocycles. The maximum atomic E-state index is 11.7. The summed E-state index contributed by atoms with van der Waals surface area (Å²) < 4.78 is 0. The number of rotatable bonds is 1. The normalized spacial score (nSPS) is 31.6. The van der Waals surface area contributed by atoms with Gasteiger partial charge in [-0.15, -0.1) is 0 Å². The summed E-state index contributed by atoms with van der Waals surface area (Å²) in [5, 5.41) is 1.46. The smallest absolute Gasteiger partial charge is 0.139 e. The summed E-state index contributed by atoms with van der Waals surface area (Å²) in [6, 6.07) is 10.7. The molecule has 1 saturated heterocycles. The van der Waals surface area contributed by atoms with Crippen LogP contribution in [0.5, 0.6) is 0 Å². The van der Waals surface area contributed by atoms with Gasteiger partial charge in [0.2, 0.25) is 0 Å². The summed E-state index contributed by atoms with van der Waals surface area (Å²) >= 11 is 0. The van der Waals surface area contributed by atoms with E-state index in [0.717, 1.165) is 12.3 Å². The van der Waals surface area contributed by atoms with Gasteiger partial charge in [-0.1, -0.05) is 52.1 Å². The van der Waals surface area contributed by atoms with Crippen LogP contribution in [0.1, 0.15) is 13.8 Å². The van der Waals surface area contributed by atoms with E-state index in [-0.39, 0.29) is 19.8 Å². The maximum Gasteiger partial charge on any atom is 0.139 e. The quantitative estimate of drug-likeness (QED) is 0.665.